The Morgan fingerprint density at radius 2 is 2.22 bits per heavy atom. The van der Waals surface area contributed by atoms with E-state index in [1.165, 1.54) is 11.8 Å². The second-order valence-electron chi connectivity index (χ2n) is 4.28. The third kappa shape index (κ3) is 1.92. The molecule has 5 heteroatoms. The van der Waals surface area contributed by atoms with Crippen molar-refractivity contribution in [2.75, 3.05) is 24.8 Å². The number of amides is 1. The van der Waals surface area contributed by atoms with Crippen molar-refractivity contribution in [2.45, 2.75) is 17.7 Å². The van der Waals surface area contributed by atoms with Crippen LogP contribution in [0.4, 0.5) is 5.69 Å². The third-order valence-electron chi connectivity index (χ3n) is 3.43. The summed E-state index contributed by atoms with van der Waals surface area (Å²) < 4.78 is 5.37. The number of primary amides is 1. The van der Waals surface area contributed by atoms with Gasteiger partial charge < -0.3 is 15.4 Å². The summed E-state index contributed by atoms with van der Waals surface area (Å²) in [5, 5.41) is 0. The van der Waals surface area contributed by atoms with Crippen LogP contribution in [0.5, 0.6) is 5.75 Å². The summed E-state index contributed by atoms with van der Waals surface area (Å²) in [7, 11) is 1.64. The van der Waals surface area contributed by atoms with Crippen LogP contribution in [-0.2, 0) is 4.79 Å². The number of carbonyl (C=O) groups is 1. The van der Waals surface area contributed by atoms with Crippen molar-refractivity contribution < 1.29 is 9.53 Å². The lowest BCUT2D eigenvalue weighted by Crippen LogP contribution is -2.51. The van der Waals surface area contributed by atoms with Crippen LogP contribution >= 0.6 is 11.8 Å². The number of carbonyl (C=O) groups excluding carboxylic acids is 1. The molecule has 2 rings (SSSR count). The van der Waals surface area contributed by atoms with Gasteiger partial charge in [-0.25, -0.2) is 0 Å². The van der Waals surface area contributed by atoms with E-state index in [1.54, 1.807) is 7.11 Å². The minimum atomic E-state index is -0.644. The molecule has 4 nitrogen and oxygen atoms in total. The van der Waals surface area contributed by atoms with Gasteiger partial charge in [0.25, 0.3) is 5.91 Å². The fraction of sp³-hybridized carbons (Fsp3) is 0.462. The molecule has 98 valence electrons. The van der Waals surface area contributed by atoms with Gasteiger partial charge in [0.15, 0.2) is 4.87 Å². The Labute approximate surface area is 111 Å². The standard InChI is InChI=1S/C13H18N2O2S/c1-17-11-7-4-3-6-10(11)15-9-5-8-13(15,18-2)12(14)16/h3-4,6-7H,5,8-9H2,1-2H3,(H2,14,16). The summed E-state index contributed by atoms with van der Waals surface area (Å²) in [5.74, 6) is 0.498. The number of nitrogens with two attached hydrogens (primary N) is 1. The number of para-hydroxylation sites is 2. The fourth-order valence-electron chi connectivity index (χ4n) is 2.53. The summed E-state index contributed by atoms with van der Waals surface area (Å²) >= 11 is 1.51. The molecule has 0 spiro atoms. The maximum atomic E-state index is 11.9. The van der Waals surface area contributed by atoms with E-state index in [2.05, 4.69) is 4.90 Å². The summed E-state index contributed by atoms with van der Waals surface area (Å²) in [4.78, 5) is 13.3. The summed E-state index contributed by atoms with van der Waals surface area (Å²) in [6.45, 7) is 0.824. The van der Waals surface area contributed by atoms with E-state index < -0.39 is 4.87 Å². The molecule has 1 aliphatic rings. The third-order valence-corrected chi connectivity index (χ3v) is 4.73. The second-order valence-corrected chi connectivity index (χ2v) is 5.36. The zero-order valence-electron chi connectivity index (χ0n) is 10.7. The van der Waals surface area contributed by atoms with Crippen LogP contribution in [0.15, 0.2) is 24.3 Å². The minimum absolute atomic E-state index is 0.279. The molecule has 1 unspecified atom stereocenters. The Hall–Kier alpha value is -1.36. The van der Waals surface area contributed by atoms with Crippen molar-refractivity contribution in [1.82, 2.24) is 0 Å². The maximum Gasteiger partial charge on any atom is 0.253 e. The van der Waals surface area contributed by atoms with E-state index in [1.807, 2.05) is 30.5 Å². The first-order chi connectivity index (χ1) is 8.65. The number of benzene rings is 1. The topological polar surface area (TPSA) is 55.6 Å². The maximum absolute atomic E-state index is 11.9. The molecular weight excluding hydrogens is 248 g/mol. The van der Waals surface area contributed by atoms with Gasteiger partial charge in [0.05, 0.1) is 12.8 Å². The average molecular weight is 266 g/mol. The molecule has 18 heavy (non-hydrogen) atoms. The molecule has 1 aromatic rings. The van der Waals surface area contributed by atoms with Gasteiger partial charge in [-0.05, 0) is 31.2 Å². The highest BCUT2D eigenvalue weighted by molar-refractivity contribution is 8.00. The number of hydrogen-bond acceptors (Lipinski definition) is 4. The average Bonchev–Trinajstić information content (AvgIpc) is 2.83. The summed E-state index contributed by atoms with van der Waals surface area (Å²) in [6.07, 6.45) is 3.67. The van der Waals surface area contributed by atoms with Crippen molar-refractivity contribution in [2.24, 2.45) is 5.73 Å². The van der Waals surface area contributed by atoms with Crippen molar-refractivity contribution in [3.05, 3.63) is 24.3 Å². The van der Waals surface area contributed by atoms with Crippen LogP contribution in [0.1, 0.15) is 12.8 Å². The van der Waals surface area contributed by atoms with E-state index in [4.69, 9.17) is 10.5 Å². The Morgan fingerprint density at radius 1 is 1.50 bits per heavy atom. The molecule has 0 aromatic heterocycles. The number of ether oxygens (including phenoxy) is 1. The number of methoxy groups -OCH3 is 1. The molecule has 0 bridgehead atoms. The monoisotopic (exact) mass is 266 g/mol. The quantitative estimate of drug-likeness (QED) is 0.903. The molecule has 0 saturated carbocycles. The number of hydrogen-bond donors (Lipinski definition) is 1. The molecule has 1 heterocycles. The van der Waals surface area contributed by atoms with E-state index in [0.29, 0.717) is 0 Å². The van der Waals surface area contributed by atoms with Crippen molar-refractivity contribution in [3.63, 3.8) is 0 Å². The Bertz CT molecular complexity index is 452. The zero-order valence-corrected chi connectivity index (χ0v) is 11.5. The number of nitrogens with zero attached hydrogens (tertiary/aromatic N) is 1. The van der Waals surface area contributed by atoms with Gasteiger partial charge in [-0.1, -0.05) is 12.1 Å². The first-order valence-corrected chi connectivity index (χ1v) is 7.14. The van der Waals surface area contributed by atoms with Crippen molar-refractivity contribution in [3.8, 4) is 5.75 Å². The van der Waals surface area contributed by atoms with Gasteiger partial charge >= 0.3 is 0 Å². The lowest BCUT2D eigenvalue weighted by atomic mass is 10.2. The van der Waals surface area contributed by atoms with E-state index in [-0.39, 0.29) is 5.91 Å². The highest BCUT2D eigenvalue weighted by atomic mass is 32.2. The lowest BCUT2D eigenvalue weighted by molar-refractivity contribution is -0.120. The normalized spacial score (nSPS) is 23.1. The van der Waals surface area contributed by atoms with E-state index in [0.717, 1.165) is 30.8 Å². The molecule has 0 aliphatic carbocycles. The van der Waals surface area contributed by atoms with Crippen LogP contribution in [-0.4, -0.2) is 30.7 Å². The predicted molar refractivity (Wildman–Crippen MR) is 75.0 cm³/mol. The van der Waals surface area contributed by atoms with Gasteiger partial charge in [-0.3, -0.25) is 4.79 Å². The van der Waals surface area contributed by atoms with Crippen LogP contribution < -0.4 is 15.4 Å². The smallest absolute Gasteiger partial charge is 0.253 e. The number of thioether (sulfide) groups is 1. The minimum Gasteiger partial charge on any atom is -0.495 e. The van der Waals surface area contributed by atoms with Crippen molar-refractivity contribution >= 4 is 23.4 Å². The largest absolute Gasteiger partial charge is 0.495 e. The SMILES string of the molecule is COc1ccccc1N1CCCC1(SC)C(N)=O. The highest BCUT2D eigenvalue weighted by Crippen LogP contribution is 2.44. The van der Waals surface area contributed by atoms with Crippen molar-refractivity contribution in [1.29, 1.82) is 0 Å². The van der Waals surface area contributed by atoms with E-state index in [9.17, 15) is 4.79 Å². The molecule has 1 aromatic carbocycles. The van der Waals surface area contributed by atoms with Gasteiger partial charge in [0.1, 0.15) is 5.75 Å². The number of anilines is 1. The van der Waals surface area contributed by atoms with Crippen LogP contribution in [0, 0.1) is 0 Å². The second kappa shape index (κ2) is 5.10. The lowest BCUT2D eigenvalue weighted by Gasteiger charge is -2.36. The van der Waals surface area contributed by atoms with Gasteiger partial charge in [0, 0.05) is 6.54 Å². The Kier molecular flexibility index (Phi) is 3.71. The first kappa shape index (κ1) is 13.1. The zero-order chi connectivity index (χ0) is 13.2. The number of rotatable bonds is 4. The van der Waals surface area contributed by atoms with Crippen LogP contribution in [0.25, 0.3) is 0 Å². The van der Waals surface area contributed by atoms with Gasteiger partial charge in [-0.15, -0.1) is 11.8 Å². The molecule has 0 radical (unpaired) electrons. The Balaban J connectivity index is 2.45. The fourth-order valence-corrected chi connectivity index (χ4v) is 3.49. The molecule has 1 saturated heterocycles. The first-order valence-electron chi connectivity index (χ1n) is 5.91. The summed E-state index contributed by atoms with van der Waals surface area (Å²) in [6, 6.07) is 7.74. The molecule has 1 aliphatic heterocycles. The Morgan fingerprint density at radius 3 is 2.83 bits per heavy atom. The molecule has 1 atom stereocenters. The van der Waals surface area contributed by atoms with E-state index >= 15 is 0 Å². The van der Waals surface area contributed by atoms with Crippen LogP contribution in [0.3, 0.4) is 0 Å². The predicted octanol–water partition coefficient (Wildman–Crippen LogP) is 1.84. The summed E-state index contributed by atoms with van der Waals surface area (Å²) in [5.41, 5.74) is 6.56. The van der Waals surface area contributed by atoms with Gasteiger partial charge in [0.2, 0.25) is 0 Å². The molecule has 1 fully saturated rings. The molecular formula is C13H18N2O2S. The molecule has 2 N–H and O–H groups in total. The van der Waals surface area contributed by atoms with Crippen LogP contribution in [0.2, 0.25) is 0 Å². The van der Waals surface area contributed by atoms with Gasteiger partial charge in [-0.2, -0.15) is 0 Å². The highest BCUT2D eigenvalue weighted by Gasteiger charge is 2.46. The molecule has 1 amide bonds.